The summed E-state index contributed by atoms with van der Waals surface area (Å²) in [4.78, 5) is 26.0. The fourth-order valence-electron chi connectivity index (χ4n) is 2.51. The Morgan fingerprint density at radius 3 is 2.52 bits per heavy atom. The van der Waals surface area contributed by atoms with Gasteiger partial charge in [0.25, 0.3) is 5.91 Å². The van der Waals surface area contributed by atoms with Crippen molar-refractivity contribution in [3.63, 3.8) is 0 Å². The van der Waals surface area contributed by atoms with E-state index in [1.165, 1.54) is 0 Å². The number of anilines is 1. The van der Waals surface area contributed by atoms with Crippen LogP contribution in [0, 0.1) is 0 Å². The van der Waals surface area contributed by atoms with Crippen LogP contribution in [0.4, 0.5) is 5.69 Å². The molecule has 0 aromatic heterocycles. The van der Waals surface area contributed by atoms with E-state index in [4.69, 9.17) is 0 Å². The first-order valence-corrected chi connectivity index (χ1v) is 9.78. The van der Waals surface area contributed by atoms with E-state index in [1.54, 1.807) is 24.3 Å². The third-order valence-electron chi connectivity index (χ3n) is 3.74. The Hall–Kier alpha value is -1.89. The van der Waals surface area contributed by atoms with E-state index in [2.05, 4.69) is 5.32 Å². The summed E-state index contributed by atoms with van der Waals surface area (Å²) in [6, 6.07) is 6.76. The number of nitrogens with zero attached hydrogens (tertiary/aromatic N) is 1. The summed E-state index contributed by atoms with van der Waals surface area (Å²) in [5.74, 6) is -0.597. The molecule has 7 heteroatoms. The normalized spacial score (nSPS) is 15.3. The summed E-state index contributed by atoms with van der Waals surface area (Å²) in [7, 11) is -3.17. The van der Waals surface area contributed by atoms with Gasteiger partial charge in [0, 0.05) is 37.0 Å². The molecule has 0 radical (unpaired) electrons. The summed E-state index contributed by atoms with van der Waals surface area (Å²) in [5, 5.41) is 2.64. The molecule has 0 bridgehead atoms. The van der Waals surface area contributed by atoms with Gasteiger partial charge in [-0.25, -0.2) is 8.42 Å². The minimum absolute atomic E-state index is 0.0306. The van der Waals surface area contributed by atoms with Crippen molar-refractivity contribution in [2.24, 2.45) is 0 Å². The first-order valence-electron chi connectivity index (χ1n) is 7.72. The summed E-state index contributed by atoms with van der Waals surface area (Å²) in [5.41, 5.74) is 1.04. The minimum atomic E-state index is -3.17. The lowest BCUT2D eigenvalue weighted by atomic mass is 10.1. The van der Waals surface area contributed by atoms with Crippen LogP contribution < -0.4 is 5.32 Å². The molecule has 0 atom stereocenters. The summed E-state index contributed by atoms with van der Waals surface area (Å²) >= 11 is 0. The number of likely N-dealkylation sites (tertiary alicyclic amines) is 1. The monoisotopic (exact) mass is 338 g/mol. The molecule has 1 fully saturated rings. The number of piperidine rings is 1. The van der Waals surface area contributed by atoms with Gasteiger partial charge < -0.3 is 10.2 Å². The van der Waals surface area contributed by atoms with E-state index < -0.39 is 9.84 Å². The number of rotatable bonds is 5. The van der Waals surface area contributed by atoms with E-state index >= 15 is 0 Å². The van der Waals surface area contributed by atoms with Crippen molar-refractivity contribution in [2.75, 3.05) is 30.4 Å². The van der Waals surface area contributed by atoms with Gasteiger partial charge in [-0.3, -0.25) is 9.59 Å². The van der Waals surface area contributed by atoms with Gasteiger partial charge in [-0.15, -0.1) is 0 Å². The fourth-order valence-corrected chi connectivity index (χ4v) is 3.07. The largest absolute Gasteiger partial charge is 0.339 e. The van der Waals surface area contributed by atoms with Crippen molar-refractivity contribution in [2.45, 2.75) is 25.7 Å². The van der Waals surface area contributed by atoms with Crippen LogP contribution in [-0.2, 0) is 14.6 Å². The second-order valence-corrected chi connectivity index (χ2v) is 8.12. The molecule has 126 valence electrons. The van der Waals surface area contributed by atoms with Gasteiger partial charge in [0.1, 0.15) is 9.84 Å². The van der Waals surface area contributed by atoms with Gasteiger partial charge in [0.2, 0.25) is 5.91 Å². The molecule has 2 amide bonds. The Labute approximate surface area is 136 Å². The summed E-state index contributed by atoms with van der Waals surface area (Å²) in [6.07, 6.45) is 4.20. The fraction of sp³-hybridized carbons (Fsp3) is 0.500. The Bertz CT molecular complexity index is 679. The molecule has 0 unspecified atom stereocenters. The molecule has 6 nitrogen and oxygen atoms in total. The first kappa shape index (κ1) is 17.5. The van der Waals surface area contributed by atoms with Gasteiger partial charge in [-0.1, -0.05) is 6.07 Å². The molecule has 1 aliphatic rings. The molecule has 1 aromatic rings. The topological polar surface area (TPSA) is 83.5 Å². The molecule has 1 aliphatic heterocycles. The minimum Gasteiger partial charge on any atom is -0.339 e. The van der Waals surface area contributed by atoms with Crippen molar-refractivity contribution >= 4 is 27.3 Å². The highest BCUT2D eigenvalue weighted by Gasteiger charge is 2.18. The maximum atomic E-state index is 12.4. The van der Waals surface area contributed by atoms with E-state index in [0.717, 1.165) is 38.6 Å². The smallest absolute Gasteiger partial charge is 0.253 e. The van der Waals surface area contributed by atoms with E-state index in [0.29, 0.717) is 11.3 Å². The number of sulfone groups is 1. The highest BCUT2D eigenvalue weighted by Crippen LogP contribution is 2.16. The molecule has 1 saturated heterocycles. The molecule has 0 saturated carbocycles. The molecular weight excluding hydrogens is 316 g/mol. The number of benzene rings is 1. The van der Waals surface area contributed by atoms with Crippen LogP contribution in [0.5, 0.6) is 0 Å². The van der Waals surface area contributed by atoms with E-state index in [-0.39, 0.29) is 24.0 Å². The van der Waals surface area contributed by atoms with Gasteiger partial charge in [-0.05, 0) is 37.5 Å². The molecule has 1 heterocycles. The number of carbonyl (C=O) groups is 2. The molecule has 2 rings (SSSR count). The zero-order valence-corrected chi connectivity index (χ0v) is 14.1. The van der Waals surface area contributed by atoms with E-state index in [9.17, 15) is 18.0 Å². The van der Waals surface area contributed by atoms with Crippen LogP contribution in [0.3, 0.4) is 0 Å². The van der Waals surface area contributed by atoms with Gasteiger partial charge in [0.15, 0.2) is 0 Å². The molecule has 1 N–H and O–H groups in total. The standard InChI is InChI=1S/C16H22N2O4S/c1-23(21,22)11-8-15(19)17-14-7-5-6-13(12-14)16(20)18-9-3-2-4-10-18/h5-7,12H,2-4,8-11H2,1H3,(H,17,19). The predicted octanol–water partition coefficient (Wildman–Crippen LogP) is 1.69. The quantitative estimate of drug-likeness (QED) is 0.885. The van der Waals surface area contributed by atoms with Gasteiger partial charge >= 0.3 is 0 Å². The van der Waals surface area contributed by atoms with Crippen molar-refractivity contribution < 1.29 is 18.0 Å². The number of hydrogen-bond acceptors (Lipinski definition) is 4. The SMILES string of the molecule is CS(=O)(=O)CCC(=O)Nc1cccc(C(=O)N2CCCCC2)c1. The zero-order chi connectivity index (χ0) is 16.9. The molecule has 0 aliphatic carbocycles. The van der Waals surface area contributed by atoms with E-state index in [1.807, 2.05) is 4.90 Å². The van der Waals surface area contributed by atoms with Crippen LogP contribution in [-0.4, -0.2) is 50.2 Å². The second-order valence-electron chi connectivity index (χ2n) is 5.86. The third kappa shape index (κ3) is 5.67. The van der Waals surface area contributed by atoms with Gasteiger partial charge in [0.05, 0.1) is 5.75 Å². The number of nitrogens with one attached hydrogen (secondary N) is 1. The van der Waals surface area contributed by atoms with Crippen LogP contribution in [0.15, 0.2) is 24.3 Å². The number of carbonyl (C=O) groups excluding carboxylic acids is 2. The molecule has 0 spiro atoms. The average molecular weight is 338 g/mol. The lowest BCUT2D eigenvalue weighted by Gasteiger charge is -2.26. The van der Waals surface area contributed by atoms with Crippen LogP contribution >= 0.6 is 0 Å². The van der Waals surface area contributed by atoms with Crippen LogP contribution in [0.25, 0.3) is 0 Å². The zero-order valence-electron chi connectivity index (χ0n) is 13.2. The molecule has 23 heavy (non-hydrogen) atoms. The van der Waals surface area contributed by atoms with Crippen molar-refractivity contribution in [3.8, 4) is 0 Å². The number of amides is 2. The van der Waals surface area contributed by atoms with Crippen molar-refractivity contribution in [1.29, 1.82) is 0 Å². The van der Waals surface area contributed by atoms with Crippen molar-refractivity contribution in [3.05, 3.63) is 29.8 Å². The Morgan fingerprint density at radius 2 is 1.87 bits per heavy atom. The second kappa shape index (κ2) is 7.59. The lowest BCUT2D eigenvalue weighted by molar-refractivity contribution is -0.115. The summed E-state index contributed by atoms with van der Waals surface area (Å²) in [6.45, 7) is 1.54. The molecular formula is C16H22N2O4S. The molecule has 1 aromatic carbocycles. The Morgan fingerprint density at radius 1 is 1.17 bits per heavy atom. The highest BCUT2D eigenvalue weighted by atomic mass is 32.2. The van der Waals surface area contributed by atoms with Crippen molar-refractivity contribution in [1.82, 2.24) is 4.90 Å². The highest BCUT2D eigenvalue weighted by molar-refractivity contribution is 7.90. The number of hydrogen-bond donors (Lipinski definition) is 1. The third-order valence-corrected chi connectivity index (χ3v) is 4.68. The van der Waals surface area contributed by atoms with Crippen LogP contribution in [0.2, 0.25) is 0 Å². The Kier molecular flexibility index (Phi) is 5.76. The summed E-state index contributed by atoms with van der Waals surface area (Å²) < 4.78 is 22.2. The Balaban J connectivity index is 1.99. The maximum Gasteiger partial charge on any atom is 0.253 e. The van der Waals surface area contributed by atoms with Crippen LogP contribution in [0.1, 0.15) is 36.0 Å². The predicted molar refractivity (Wildman–Crippen MR) is 89.2 cm³/mol. The first-order chi connectivity index (χ1) is 10.8. The average Bonchev–Trinajstić information content (AvgIpc) is 2.53. The lowest BCUT2D eigenvalue weighted by Crippen LogP contribution is -2.35. The maximum absolute atomic E-state index is 12.4. The van der Waals surface area contributed by atoms with Gasteiger partial charge in [-0.2, -0.15) is 0 Å².